The van der Waals surface area contributed by atoms with Crippen molar-refractivity contribution in [1.82, 2.24) is 19.5 Å². The Hall–Kier alpha value is -2.26. The van der Waals surface area contributed by atoms with Crippen molar-refractivity contribution in [1.29, 1.82) is 0 Å². The highest BCUT2D eigenvalue weighted by molar-refractivity contribution is 7.80. The number of hydrogen-bond acceptors (Lipinski definition) is 6. The first-order valence-electron chi connectivity index (χ1n) is 6.87. The number of fused-ring (bicyclic) bond motifs is 1. The zero-order chi connectivity index (χ0) is 16.6. The molecule has 0 fully saturated rings. The summed E-state index contributed by atoms with van der Waals surface area (Å²) in [6.45, 7) is 2.60. The third kappa shape index (κ3) is 3.10. The lowest BCUT2D eigenvalue weighted by Crippen LogP contribution is -2.11. The van der Waals surface area contributed by atoms with Crippen LogP contribution in [0, 0.1) is 11.6 Å². The normalized spacial score (nSPS) is 12.6. The van der Waals surface area contributed by atoms with Crippen molar-refractivity contribution in [3.8, 4) is 0 Å². The van der Waals surface area contributed by atoms with Gasteiger partial charge in [-0.3, -0.25) is 0 Å². The number of aryl methyl sites for hydroxylation is 1. The highest BCUT2D eigenvalue weighted by atomic mass is 32.1. The highest BCUT2D eigenvalue weighted by Gasteiger charge is 2.16. The number of aromatic nitrogens is 4. The van der Waals surface area contributed by atoms with E-state index in [0.29, 0.717) is 23.5 Å². The Morgan fingerprint density at radius 2 is 1.96 bits per heavy atom. The van der Waals surface area contributed by atoms with E-state index in [-0.39, 0.29) is 11.5 Å². The van der Waals surface area contributed by atoms with Gasteiger partial charge in [0.15, 0.2) is 22.8 Å². The van der Waals surface area contributed by atoms with Crippen molar-refractivity contribution < 1.29 is 8.78 Å². The molecule has 3 rings (SSSR count). The predicted octanol–water partition coefficient (Wildman–Crippen LogP) is 2.76. The van der Waals surface area contributed by atoms with E-state index in [1.165, 1.54) is 0 Å². The molecule has 0 amide bonds. The fraction of sp³-hybridized carbons (Fsp3) is 0.214. The number of benzene rings is 1. The van der Waals surface area contributed by atoms with Gasteiger partial charge in [0.25, 0.3) is 0 Å². The standard InChI is InChI=1S/C14H14F2N6S/c1-2-22-6-18-10-12(20-13(11(17)23)21-14(10)22)19-9-4-7(15)3-8(16)5-9/h3-6,11,23H,2,17H2,1H3,(H,19,20,21). The number of thiol groups is 1. The number of hydrogen-bond donors (Lipinski definition) is 3. The molecule has 1 unspecified atom stereocenters. The lowest BCUT2D eigenvalue weighted by molar-refractivity contribution is 0.584. The molecule has 1 atom stereocenters. The van der Waals surface area contributed by atoms with Crippen LogP contribution in [0.3, 0.4) is 0 Å². The topological polar surface area (TPSA) is 81.7 Å². The van der Waals surface area contributed by atoms with Gasteiger partial charge < -0.3 is 15.6 Å². The summed E-state index contributed by atoms with van der Waals surface area (Å²) >= 11 is 4.14. The molecular weight excluding hydrogens is 322 g/mol. The largest absolute Gasteiger partial charge is 0.338 e. The molecule has 0 aliphatic rings. The summed E-state index contributed by atoms with van der Waals surface area (Å²) in [4.78, 5) is 12.9. The molecule has 0 aliphatic carbocycles. The van der Waals surface area contributed by atoms with Crippen molar-refractivity contribution >= 4 is 35.3 Å². The van der Waals surface area contributed by atoms with Gasteiger partial charge in [-0.05, 0) is 19.1 Å². The van der Waals surface area contributed by atoms with E-state index < -0.39 is 17.0 Å². The lowest BCUT2D eigenvalue weighted by Gasteiger charge is -2.10. The van der Waals surface area contributed by atoms with Crippen LogP contribution in [-0.2, 0) is 6.54 Å². The van der Waals surface area contributed by atoms with Crippen LogP contribution in [0.5, 0.6) is 0 Å². The number of rotatable bonds is 4. The average molecular weight is 336 g/mol. The van der Waals surface area contributed by atoms with Gasteiger partial charge in [-0.25, -0.2) is 23.7 Å². The third-order valence-corrected chi connectivity index (χ3v) is 3.44. The van der Waals surface area contributed by atoms with Gasteiger partial charge in [-0.15, -0.1) is 0 Å². The van der Waals surface area contributed by atoms with E-state index in [4.69, 9.17) is 5.73 Å². The van der Waals surface area contributed by atoms with Gasteiger partial charge in [-0.1, -0.05) is 0 Å². The minimum atomic E-state index is -0.692. The van der Waals surface area contributed by atoms with Crippen LogP contribution in [0.1, 0.15) is 18.1 Å². The van der Waals surface area contributed by atoms with Crippen LogP contribution in [-0.4, -0.2) is 19.5 Å². The minimum Gasteiger partial charge on any atom is -0.338 e. The molecule has 120 valence electrons. The number of nitrogens with zero attached hydrogens (tertiary/aromatic N) is 4. The molecule has 0 bridgehead atoms. The summed E-state index contributed by atoms with van der Waals surface area (Å²) in [6.07, 6.45) is 1.62. The number of nitrogens with one attached hydrogen (secondary N) is 1. The molecule has 9 heteroatoms. The molecule has 0 saturated carbocycles. The molecule has 23 heavy (non-hydrogen) atoms. The van der Waals surface area contributed by atoms with E-state index in [1.807, 2.05) is 11.5 Å². The quantitative estimate of drug-likeness (QED) is 0.504. The van der Waals surface area contributed by atoms with Gasteiger partial charge in [0.05, 0.1) is 6.33 Å². The lowest BCUT2D eigenvalue weighted by atomic mass is 10.3. The maximum atomic E-state index is 13.3. The first kappa shape index (κ1) is 15.6. The Morgan fingerprint density at radius 1 is 1.26 bits per heavy atom. The monoisotopic (exact) mass is 336 g/mol. The van der Waals surface area contributed by atoms with E-state index in [1.54, 1.807) is 6.33 Å². The van der Waals surface area contributed by atoms with E-state index >= 15 is 0 Å². The second-order valence-corrected chi connectivity index (χ2v) is 5.42. The molecule has 2 aromatic heterocycles. The molecule has 0 radical (unpaired) electrons. The highest BCUT2D eigenvalue weighted by Crippen LogP contribution is 2.25. The van der Waals surface area contributed by atoms with Crippen molar-refractivity contribution in [2.24, 2.45) is 5.73 Å². The van der Waals surface area contributed by atoms with Crippen molar-refractivity contribution in [3.05, 3.63) is 42.0 Å². The first-order valence-corrected chi connectivity index (χ1v) is 7.39. The van der Waals surface area contributed by atoms with E-state index in [0.717, 1.165) is 18.2 Å². The van der Waals surface area contributed by atoms with Crippen molar-refractivity contribution in [2.75, 3.05) is 5.32 Å². The van der Waals surface area contributed by atoms with Crippen LogP contribution in [0.25, 0.3) is 11.2 Å². The van der Waals surface area contributed by atoms with Crippen molar-refractivity contribution in [3.63, 3.8) is 0 Å². The fourth-order valence-corrected chi connectivity index (χ4v) is 2.29. The number of nitrogens with two attached hydrogens (primary N) is 1. The summed E-state index contributed by atoms with van der Waals surface area (Å²) in [6, 6.07) is 3.11. The zero-order valence-corrected chi connectivity index (χ0v) is 13.1. The first-order chi connectivity index (χ1) is 11.0. The van der Waals surface area contributed by atoms with Crippen LogP contribution in [0.15, 0.2) is 24.5 Å². The molecule has 0 saturated heterocycles. The van der Waals surface area contributed by atoms with Crippen molar-refractivity contribution in [2.45, 2.75) is 18.8 Å². The van der Waals surface area contributed by atoms with Gasteiger partial charge in [0.1, 0.15) is 17.0 Å². The van der Waals surface area contributed by atoms with Gasteiger partial charge in [0.2, 0.25) is 0 Å². The SMILES string of the molecule is CCn1cnc2c(Nc3cc(F)cc(F)c3)nc(C(N)S)nc21. The van der Waals surface area contributed by atoms with Gasteiger partial charge in [0, 0.05) is 18.3 Å². The van der Waals surface area contributed by atoms with Crippen LogP contribution >= 0.6 is 12.6 Å². The van der Waals surface area contributed by atoms with E-state index in [9.17, 15) is 8.78 Å². The maximum Gasteiger partial charge on any atom is 0.165 e. The maximum absolute atomic E-state index is 13.3. The second-order valence-electron chi connectivity index (χ2n) is 4.86. The Kier molecular flexibility index (Phi) is 4.14. The molecule has 3 N–H and O–H groups in total. The Labute approximate surface area is 136 Å². The minimum absolute atomic E-state index is 0.215. The van der Waals surface area contributed by atoms with Gasteiger partial charge >= 0.3 is 0 Å². The zero-order valence-electron chi connectivity index (χ0n) is 12.2. The Balaban J connectivity index is 2.13. The van der Waals surface area contributed by atoms with E-state index in [2.05, 4.69) is 32.9 Å². The smallest absolute Gasteiger partial charge is 0.165 e. The summed E-state index contributed by atoms with van der Waals surface area (Å²) in [5.74, 6) is -0.784. The molecule has 2 heterocycles. The molecule has 3 aromatic rings. The summed E-state index contributed by atoms with van der Waals surface area (Å²) < 4.78 is 28.5. The number of halogens is 2. The predicted molar refractivity (Wildman–Crippen MR) is 86.6 cm³/mol. The molecule has 6 nitrogen and oxygen atoms in total. The third-order valence-electron chi connectivity index (χ3n) is 3.21. The van der Waals surface area contributed by atoms with Crippen LogP contribution in [0.2, 0.25) is 0 Å². The number of imidazole rings is 1. The second kappa shape index (κ2) is 6.09. The Bertz CT molecular complexity index is 844. The summed E-state index contributed by atoms with van der Waals surface area (Å²) in [7, 11) is 0. The molecule has 1 aromatic carbocycles. The Morgan fingerprint density at radius 3 is 2.57 bits per heavy atom. The molecular formula is C14H14F2N6S. The molecule has 0 aliphatic heterocycles. The fourth-order valence-electron chi connectivity index (χ4n) is 2.17. The summed E-state index contributed by atoms with van der Waals surface area (Å²) in [5.41, 5.74) is 7.00. The number of anilines is 2. The van der Waals surface area contributed by atoms with Crippen LogP contribution < -0.4 is 11.1 Å². The average Bonchev–Trinajstić information content (AvgIpc) is 2.89. The summed E-state index contributed by atoms with van der Waals surface area (Å²) in [5, 5.41) is 2.17. The van der Waals surface area contributed by atoms with Gasteiger partial charge in [-0.2, -0.15) is 12.6 Å². The van der Waals surface area contributed by atoms with Crippen LogP contribution in [0.4, 0.5) is 20.3 Å². The molecule has 0 spiro atoms.